The summed E-state index contributed by atoms with van der Waals surface area (Å²) >= 11 is 0. The molecule has 1 atom stereocenters. The first-order valence-corrected chi connectivity index (χ1v) is 12.2. The minimum absolute atomic E-state index is 0.132. The summed E-state index contributed by atoms with van der Waals surface area (Å²) in [6, 6.07) is 5.37. The number of aromatic nitrogens is 3. The van der Waals surface area contributed by atoms with E-state index in [9.17, 15) is 9.00 Å². The van der Waals surface area contributed by atoms with Crippen LogP contribution in [0.25, 0.3) is 11.4 Å². The zero-order valence-electron chi connectivity index (χ0n) is 18.0. The molecule has 9 nitrogen and oxygen atoms in total. The number of ether oxygens (including phenoxy) is 1. The van der Waals surface area contributed by atoms with Gasteiger partial charge in [-0.15, -0.1) is 0 Å². The number of aryl methyl sites for hydroxylation is 1. The number of hydrogen-bond donors (Lipinski definition) is 1. The predicted octanol–water partition coefficient (Wildman–Crippen LogP) is 2.18. The quantitative estimate of drug-likeness (QED) is 0.771. The fraction of sp³-hybridized carbons (Fsp3) is 0.500. The smallest absolute Gasteiger partial charge is 0.269 e. The van der Waals surface area contributed by atoms with Crippen LogP contribution in [0.15, 0.2) is 22.6 Å². The molecule has 10 heteroatoms. The van der Waals surface area contributed by atoms with Crippen molar-refractivity contribution in [2.24, 2.45) is 4.36 Å². The van der Waals surface area contributed by atoms with Gasteiger partial charge in [0, 0.05) is 52.7 Å². The van der Waals surface area contributed by atoms with Crippen molar-refractivity contribution in [1.29, 1.82) is 0 Å². The molecule has 3 rings (SSSR count). The molecular weight excluding hydrogens is 404 g/mol. The van der Waals surface area contributed by atoms with Gasteiger partial charge in [0.15, 0.2) is 11.6 Å². The summed E-state index contributed by atoms with van der Waals surface area (Å²) in [5, 5.41) is 2.76. The molecule has 0 aliphatic carbocycles. The maximum absolute atomic E-state index is 12.3. The van der Waals surface area contributed by atoms with Crippen LogP contribution in [0.4, 0.5) is 11.6 Å². The van der Waals surface area contributed by atoms with Crippen molar-refractivity contribution < 1.29 is 13.7 Å². The molecular formula is C20H28N6O3S. The minimum Gasteiger partial charge on any atom is -0.377 e. The highest BCUT2D eigenvalue weighted by Gasteiger charge is 2.22. The van der Waals surface area contributed by atoms with Gasteiger partial charge in [-0.3, -0.25) is 4.79 Å². The van der Waals surface area contributed by atoms with Crippen LogP contribution >= 0.6 is 0 Å². The Morgan fingerprint density at radius 1 is 1.30 bits per heavy atom. The number of morpholine rings is 1. The van der Waals surface area contributed by atoms with Gasteiger partial charge in [0.05, 0.1) is 19.3 Å². The van der Waals surface area contributed by atoms with Crippen molar-refractivity contribution in [1.82, 2.24) is 20.3 Å². The van der Waals surface area contributed by atoms with Crippen LogP contribution in [0.5, 0.6) is 0 Å². The van der Waals surface area contributed by atoms with Crippen LogP contribution in [0, 0.1) is 6.92 Å². The summed E-state index contributed by atoms with van der Waals surface area (Å²) in [4.78, 5) is 28.0. The molecule has 1 amide bonds. The van der Waals surface area contributed by atoms with Gasteiger partial charge in [-0.05, 0) is 32.9 Å². The number of carbonyl (C=O) groups excluding carboxylic acids is 1. The third-order valence-corrected chi connectivity index (χ3v) is 5.08. The largest absolute Gasteiger partial charge is 0.377 e. The molecule has 1 fully saturated rings. The van der Waals surface area contributed by atoms with E-state index in [-0.39, 0.29) is 11.9 Å². The second-order valence-corrected chi connectivity index (χ2v) is 10.1. The minimum atomic E-state index is -2.41. The van der Waals surface area contributed by atoms with Gasteiger partial charge in [-0.2, -0.15) is 4.36 Å². The average molecular weight is 433 g/mol. The molecule has 1 aliphatic rings. The fourth-order valence-electron chi connectivity index (χ4n) is 3.20. The Morgan fingerprint density at radius 3 is 2.73 bits per heavy atom. The zero-order valence-corrected chi connectivity index (χ0v) is 18.8. The highest BCUT2D eigenvalue weighted by Crippen LogP contribution is 2.27. The lowest BCUT2D eigenvalue weighted by atomic mass is 10.1. The maximum atomic E-state index is 12.3. The number of rotatable bonds is 5. The second kappa shape index (κ2) is 9.05. The standard InChI is InChI=1S/C20H28N6O3S/c1-6-21-20(27)16-10-15(9-13(2)22-16)19-23-17(25-30(4,5)28)11-18(24-19)26-7-8-29-12-14(26)3/h9-11,14H,6-8,12H2,1-5H3,(H,21,27)/t14-/m1/s1. The number of carbonyl (C=O) groups is 1. The Morgan fingerprint density at radius 2 is 2.07 bits per heavy atom. The van der Waals surface area contributed by atoms with Crippen molar-refractivity contribution in [3.05, 3.63) is 29.6 Å². The molecule has 0 radical (unpaired) electrons. The van der Waals surface area contributed by atoms with Crippen molar-refractivity contribution in [2.45, 2.75) is 26.8 Å². The predicted molar refractivity (Wildman–Crippen MR) is 118 cm³/mol. The van der Waals surface area contributed by atoms with Crippen molar-refractivity contribution in [3.8, 4) is 11.4 Å². The van der Waals surface area contributed by atoms with Gasteiger partial charge in [0.2, 0.25) is 0 Å². The van der Waals surface area contributed by atoms with Crippen LogP contribution in [0.2, 0.25) is 0 Å². The Balaban J connectivity index is 2.14. The third-order valence-electron chi connectivity index (χ3n) is 4.46. The summed E-state index contributed by atoms with van der Waals surface area (Å²) in [6.07, 6.45) is 3.13. The van der Waals surface area contributed by atoms with Crippen LogP contribution < -0.4 is 10.2 Å². The van der Waals surface area contributed by atoms with Gasteiger partial charge < -0.3 is 15.0 Å². The monoisotopic (exact) mass is 432 g/mol. The summed E-state index contributed by atoms with van der Waals surface area (Å²) in [6.45, 7) is 8.12. The molecule has 30 heavy (non-hydrogen) atoms. The molecule has 3 heterocycles. The Labute approximate surface area is 177 Å². The SMILES string of the molecule is CCNC(=O)c1cc(-c2nc(N=S(C)(C)=O)cc(N3CCOC[C@H]3C)n2)cc(C)n1. The van der Waals surface area contributed by atoms with E-state index in [0.717, 1.165) is 0 Å². The van der Waals surface area contributed by atoms with Crippen LogP contribution in [0.1, 0.15) is 30.0 Å². The van der Waals surface area contributed by atoms with Gasteiger partial charge in [0.1, 0.15) is 11.5 Å². The lowest BCUT2D eigenvalue weighted by molar-refractivity contribution is 0.0950. The van der Waals surface area contributed by atoms with E-state index in [2.05, 4.69) is 31.5 Å². The van der Waals surface area contributed by atoms with E-state index in [1.807, 2.05) is 19.9 Å². The Hall–Kier alpha value is -2.59. The normalized spacial score (nSPS) is 17.0. The van der Waals surface area contributed by atoms with Gasteiger partial charge in [-0.1, -0.05) is 0 Å². The zero-order chi connectivity index (χ0) is 21.9. The van der Waals surface area contributed by atoms with Gasteiger partial charge >= 0.3 is 0 Å². The number of nitrogens with zero attached hydrogens (tertiary/aromatic N) is 5. The van der Waals surface area contributed by atoms with E-state index in [1.54, 1.807) is 24.6 Å². The second-order valence-electron chi connectivity index (χ2n) is 7.54. The van der Waals surface area contributed by atoms with Gasteiger partial charge in [0.25, 0.3) is 5.91 Å². The summed E-state index contributed by atoms with van der Waals surface area (Å²) in [5.74, 6) is 1.19. The highest BCUT2D eigenvalue weighted by molar-refractivity contribution is 7.92. The number of hydrogen-bond acceptors (Lipinski definition) is 8. The number of nitrogens with one attached hydrogen (secondary N) is 1. The van der Waals surface area contributed by atoms with Crippen LogP contribution in [-0.2, 0) is 14.5 Å². The first-order valence-electron chi connectivity index (χ1n) is 9.84. The third kappa shape index (κ3) is 5.51. The molecule has 1 saturated heterocycles. The fourth-order valence-corrected chi connectivity index (χ4v) is 3.75. The molecule has 0 aromatic carbocycles. The maximum Gasteiger partial charge on any atom is 0.269 e. The molecule has 2 aromatic rings. The number of pyridine rings is 1. The molecule has 1 aliphatic heterocycles. The molecule has 2 aromatic heterocycles. The van der Waals surface area contributed by atoms with E-state index >= 15 is 0 Å². The molecule has 0 unspecified atom stereocenters. The Bertz CT molecular complexity index is 1060. The summed E-state index contributed by atoms with van der Waals surface area (Å²) < 4.78 is 22.1. The first-order chi connectivity index (χ1) is 14.2. The molecule has 0 bridgehead atoms. The Kier molecular flexibility index (Phi) is 6.67. The summed E-state index contributed by atoms with van der Waals surface area (Å²) in [7, 11) is -2.41. The molecule has 162 valence electrons. The highest BCUT2D eigenvalue weighted by atomic mass is 32.2. The lowest BCUT2D eigenvalue weighted by Crippen LogP contribution is -2.44. The van der Waals surface area contributed by atoms with Crippen molar-refractivity contribution >= 4 is 27.3 Å². The van der Waals surface area contributed by atoms with E-state index in [4.69, 9.17) is 9.72 Å². The first kappa shape index (κ1) is 22.1. The van der Waals surface area contributed by atoms with E-state index in [1.165, 1.54) is 0 Å². The van der Waals surface area contributed by atoms with Crippen LogP contribution in [-0.4, -0.2) is 69.9 Å². The van der Waals surface area contributed by atoms with E-state index in [0.29, 0.717) is 60.7 Å². The molecule has 0 spiro atoms. The van der Waals surface area contributed by atoms with Gasteiger partial charge in [-0.25, -0.2) is 19.2 Å². The number of amides is 1. The average Bonchev–Trinajstić information content (AvgIpc) is 2.66. The summed E-state index contributed by atoms with van der Waals surface area (Å²) in [5.41, 5.74) is 1.63. The lowest BCUT2D eigenvalue weighted by Gasteiger charge is -2.34. The van der Waals surface area contributed by atoms with Crippen molar-refractivity contribution in [2.75, 3.05) is 43.7 Å². The van der Waals surface area contributed by atoms with Crippen LogP contribution in [0.3, 0.4) is 0 Å². The van der Waals surface area contributed by atoms with Crippen molar-refractivity contribution in [3.63, 3.8) is 0 Å². The molecule has 1 N–H and O–H groups in total. The molecule has 0 saturated carbocycles. The number of anilines is 1. The van der Waals surface area contributed by atoms with E-state index < -0.39 is 9.73 Å². The topological polar surface area (TPSA) is 110 Å².